The van der Waals surface area contributed by atoms with Gasteiger partial charge in [0.2, 0.25) is 0 Å². The number of aliphatic carboxylic acids is 1. The summed E-state index contributed by atoms with van der Waals surface area (Å²) in [5, 5.41) is 9.27. The topological polar surface area (TPSA) is 58.4 Å². The van der Waals surface area contributed by atoms with Crippen molar-refractivity contribution in [3.63, 3.8) is 0 Å². The fourth-order valence-corrected chi connectivity index (χ4v) is 3.43. The number of nitrogens with zero attached hydrogens (tertiary/aromatic N) is 3. The van der Waals surface area contributed by atoms with Gasteiger partial charge in [0, 0.05) is 25.2 Å². The summed E-state index contributed by atoms with van der Waals surface area (Å²) in [6.45, 7) is 2.08. The van der Waals surface area contributed by atoms with Crippen LogP contribution in [-0.2, 0) is 17.8 Å². The maximum absolute atomic E-state index is 11.3. The second-order valence-corrected chi connectivity index (χ2v) is 5.76. The third-order valence-electron chi connectivity index (χ3n) is 4.59. The van der Waals surface area contributed by atoms with Crippen LogP contribution in [0, 0.1) is 0 Å². The lowest BCUT2D eigenvalue weighted by molar-refractivity contribution is -0.139. The molecule has 0 amide bonds. The molecule has 1 fully saturated rings. The number of rotatable bonds is 3. The van der Waals surface area contributed by atoms with E-state index in [0.717, 1.165) is 43.9 Å². The van der Waals surface area contributed by atoms with Crippen LogP contribution in [0.3, 0.4) is 0 Å². The molecule has 1 N–H and O–H groups in total. The maximum Gasteiger partial charge on any atom is 0.312 e. The molecule has 5 heteroatoms. The number of hydrogen-bond acceptors (Lipinski definition) is 3. The minimum Gasteiger partial charge on any atom is -0.481 e. The zero-order valence-electron chi connectivity index (χ0n) is 11.4. The highest BCUT2D eigenvalue weighted by molar-refractivity contribution is 5.75. The zero-order valence-corrected chi connectivity index (χ0v) is 11.4. The SMILES string of the molecule is CN1CCCC1Cc1ncc2n1CCCC2C(=O)O. The lowest BCUT2D eigenvalue weighted by Crippen LogP contribution is -2.29. The summed E-state index contributed by atoms with van der Waals surface area (Å²) in [6.07, 6.45) is 6.89. The van der Waals surface area contributed by atoms with Crippen molar-refractivity contribution in [1.82, 2.24) is 14.5 Å². The molecule has 5 nitrogen and oxygen atoms in total. The number of imidazole rings is 1. The average molecular weight is 263 g/mol. The number of carboxylic acid groups (broad SMARTS) is 1. The van der Waals surface area contributed by atoms with Gasteiger partial charge in [-0.15, -0.1) is 0 Å². The van der Waals surface area contributed by atoms with Gasteiger partial charge < -0.3 is 14.6 Å². The van der Waals surface area contributed by atoms with E-state index in [1.165, 1.54) is 12.8 Å². The van der Waals surface area contributed by atoms with Crippen LogP contribution in [-0.4, -0.2) is 45.2 Å². The summed E-state index contributed by atoms with van der Waals surface area (Å²) in [6, 6.07) is 0.566. The first-order chi connectivity index (χ1) is 9.16. The monoisotopic (exact) mass is 263 g/mol. The molecular formula is C14H21N3O2. The number of likely N-dealkylation sites (tertiary alicyclic amines) is 1. The summed E-state index contributed by atoms with van der Waals surface area (Å²) in [5.41, 5.74) is 0.898. The molecule has 19 heavy (non-hydrogen) atoms. The van der Waals surface area contributed by atoms with Crippen molar-refractivity contribution in [3.05, 3.63) is 17.7 Å². The van der Waals surface area contributed by atoms with Crippen molar-refractivity contribution in [2.75, 3.05) is 13.6 Å². The Morgan fingerprint density at radius 3 is 2.89 bits per heavy atom. The van der Waals surface area contributed by atoms with Gasteiger partial charge in [0.25, 0.3) is 0 Å². The Bertz CT molecular complexity index is 483. The Balaban J connectivity index is 1.82. The molecule has 2 aliphatic rings. The van der Waals surface area contributed by atoms with Gasteiger partial charge in [-0.05, 0) is 39.3 Å². The Morgan fingerprint density at radius 2 is 2.21 bits per heavy atom. The predicted octanol–water partition coefficient (Wildman–Crippen LogP) is 1.48. The average Bonchev–Trinajstić information content (AvgIpc) is 2.97. The first kappa shape index (κ1) is 12.7. The molecule has 2 atom stereocenters. The van der Waals surface area contributed by atoms with Crippen LogP contribution in [0.2, 0.25) is 0 Å². The Hall–Kier alpha value is -1.36. The van der Waals surface area contributed by atoms with Crippen molar-refractivity contribution in [1.29, 1.82) is 0 Å². The van der Waals surface area contributed by atoms with Gasteiger partial charge in [0.15, 0.2) is 0 Å². The van der Waals surface area contributed by atoms with Crippen molar-refractivity contribution in [3.8, 4) is 0 Å². The van der Waals surface area contributed by atoms with E-state index in [9.17, 15) is 9.90 Å². The molecule has 3 heterocycles. The first-order valence-corrected chi connectivity index (χ1v) is 7.14. The van der Waals surface area contributed by atoms with Crippen molar-refractivity contribution >= 4 is 5.97 Å². The highest BCUT2D eigenvalue weighted by Crippen LogP contribution is 2.29. The van der Waals surface area contributed by atoms with E-state index in [-0.39, 0.29) is 5.92 Å². The molecule has 0 bridgehead atoms. The molecule has 0 aliphatic carbocycles. The Morgan fingerprint density at radius 1 is 1.42 bits per heavy atom. The molecule has 104 valence electrons. The van der Waals surface area contributed by atoms with E-state index in [1.807, 2.05) is 0 Å². The summed E-state index contributed by atoms with van der Waals surface area (Å²) in [4.78, 5) is 18.2. The highest BCUT2D eigenvalue weighted by atomic mass is 16.4. The van der Waals surface area contributed by atoms with Crippen LogP contribution in [0.5, 0.6) is 0 Å². The van der Waals surface area contributed by atoms with Crippen molar-refractivity contribution < 1.29 is 9.90 Å². The summed E-state index contributed by atoms with van der Waals surface area (Å²) in [7, 11) is 2.16. The van der Waals surface area contributed by atoms with Gasteiger partial charge in [0.1, 0.15) is 5.82 Å². The standard InChI is InChI=1S/C14H21N3O2/c1-16-6-2-4-10(16)8-13-15-9-12-11(14(18)19)5-3-7-17(12)13/h9-11H,2-8H2,1H3,(H,18,19). The van der Waals surface area contributed by atoms with E-state index >= 15 is 0 Å². The highest BCUT2D eigenvalue weighted by Gasteiger charge is 2.30. The number of carboxylic acids is 1. The molecule has 0 radical (unpaired) electrons. The molecule has 2 unspecified atom stereocenters. The second kappa shape index (κ2) is 4.96. The van der Waals surface area contributed by atoms with Crippen LogP contribution in [0.1, 0.15) is 43.1 Å². The van der Waals surface area contributed by atoms with Crippen LogP contribution >= 0.6 is 0 Å². The first-order valence-electron chi connectivity index (χ1n) is 7.14. The number of carbonyl (C=O) groups is 1. The predicted molar refractivity (Wildman–Crippen MR) is 71.2 cm³/mol. The molecule has 1 aromatic rings. The van der Waals surface area contributed by atoms with Gasteiger partial charge in [-0.2, -0.15) is 0 Å². The largest absolute Gasteiger partial charge is 0.481 e. The summed E-state index contributed by atoms with van der Waals surface area (Å²) < 4.78 is 2.15. The molecule has 1 aromatic heterocycles. The fourth-order valence-electron chi connectivity index (χ4n) is 3.43. The molecular weight excluding hydrogens is 242 g/mol. The third kappa shape index (κ3) is 2.27. The number of likely N-dealkylation sites (N-methyl/N-ethyl adjacent to an activating group) is 1. The Labute approximate surface area is 113 Å². The van der Waals surface area contributed by atoms with Crippen LogP contribution in [0.15, 0.2) is 6.20 Å². The van der Waals surface area contributed by atoms with Crippen LogP contribution in [0.4, 0.5) is 0 Å². The molecule has 0 spiro atoms. The second-order valence-electron chi connectivity index (χ2n) is 5.76. The molecule has 0 aromatic carbocycles. The summed E-state index contributed by atoms with van der Waals surface area (Å²) in [5.74, 6) is -0.0126. The molecule has 2 aliphatic heterocycles. The van der Waals surface area contributed by atoms with E-state index in [1.54, 1.807) is 6.20 Å². The van der Waals surface area contributed by atoms with Crippen molar-refractivity contribution in [2.24, 2.45) is 0 Å². The van der Waals surface area contributed by atoms with E-state index in [4.69, 9.17) is 0 Å². The lowest BCUT2D eigenvalue weighted by atomic mass is 9.96. The van der Waals surface area contributed by atoms with Gasteiger partial charge >= 0.3 is 5.97 Å². The Kier molecular flexibility index (Phi) is 3.31. The van der Waals surface area contributed by atoms with Gasteiger partial charge in [-0.25, -0.2) is 4.98 Å². The smallest absolute Gasteiger partial charge is 0.312 e. The fraction of sp³-hybridized carbons (Fsp3) is 0.714. The van der Waals surface area contributed by atoms with Gasteiger partial charge in [-0.3, -0.25) is 4.79 Å². The van der Waals surface area contributed by atoms with Gasteiger partial charge in [0.05, 0.1) is 11.6 Å². The van der Waals surface area contributed by atoms with Crippen LogP contribution < -0.4 is 0 Å². The van der Waals surface area contributed by atoms with E-state index < -0.39 is 5.97 Å². The van der Waals surface area contributed by atoms with Gasteiger partial charge in [-0.1, -0.05) is 0 Å². The normalized spacial score (nSPS) is 27.4. The van der Waals surface area contributed by atoms with E-state index in [0.29, 0.717) is 6.04 Å². The number of aromatic nitrogens is 2. The number of hydrogen-bond donors (Lipinski definition) is 1. The molecule has 3 rings (SSSR count). The zero-order chi connectivity index (χ0) is 13.4. The molecule has 0 saturated carbocycles. The lowest BCUT2D eigenvalue weighted by Gasteiger charge is -2.24. The number of fused-ring (bicyclic) bond motifs is 1. The molecule has 1 saturated heterocycles. The van der Waals surface area contributed by atoms with E-state index in [2.05, 4.69) is 21.5 Å². The third-order valence-corrected chi connectivity index (χ3v) is 4.59. The minimum absolute atomic E-state index is 0.365. The quantitative estimate of drug-likeness (QED) is 0.897. The van der Waals surface area contributed by atoms with Crippen LogP contribution in [0.25, 0.3) is 0 Å². The maximum atomic E-state index is 11.3. The van der Waals surface area contributed by atoms with Crippen molar-refractivity contribution in [2.45, 2.75) is 50.6 Å². The minimum atomic E-state index is -0.717. The summed E-state index contributed by atoms with van der Waals surface area (Å²) >= 11 is 0.